The first-order valence-electron chi connectivity index (χ1n) is 5.19. The van der Waals surface area contributed by atoms with E-state index in [0.29, 0.717) is 6.54 Å². The third-order valence-corrected chi connectivity index (χ3v) is 2.69. The molecule has 78 valence electrons. The average Bonchev–Trinajstić information content (AvgIpc) is 2.23. The van der Waals surface area contributed by atoms with E-state index >= 15 is 0 Å². The number of fused-ring (bicyclic) bond motifs is 1. The second-order valence-electron chi connectivity index (χ2n) is 3.85. The molecule has 0 amide bonds. The molecule has 0 saturated heterocycles. The van der Waals surface area contributed by atoms with Crippen molar-refractivity contribution in [2.75, 3.05) is 11.9 Å². The largest absolute Gasteiger partial charge is 0.355 e. The van der Waals surface area contributed by atoms with Crippen molar-refractivity contribution in [1.29, 1.82) is 0 Å². The van der Waals surface area contributed by atoms with Gasteiger partial charge in [-0.25, -0.2) is 0 Å². The molecule has 2 rings (SSSR count). The summed E-state index contributed by atoms with van der Waals surface area (Å²) in [7, 11) is 0. The highest BCUT2D eigenvalue weighted by molar-refractivity contribution is 5.79. The molecule has 1 heterocycles. The van der Waals surface area contributed by atoms with Gasteiger partial charge in [-0.05, 0) is 37.1 Å². The quantitative estimate of drug-likeness (QED) is 0.769. The predicted octanol–water partition coefficient (Wildman–Crippen LogP) is 2.45. The Labute approximate surface area is 90.5 Å². The van der Waals surface area contributed by atoms with E-state index in [0.717, 1.165) is 12.1 Å². The predicted molar refractivity (Wildman–Crippen MR) is 65.7 cm³/mol. The SMILES string of the molecule is C=C1C=Cc2c(CCN)ccc(C)c2N1. The molecule has 0 fully saturated rings. The molecule has 3 N–H and O–H groups in total. The number of anilines is 1. The van der Waals surface area contributed by atoms with Crippen LogP contribution in [-0.4, -0.2) is 6.54 Å². The molecule has 1 aliphatic rings. The number of nitrogens with two attached hydrogens (primary N) is 1. The van der Waals surface area contributed by atoms with E-state index in [1.807, 2.05) is 6.08 Å². The first kappa shape index (κ1) is 9.99. The van der Waals surface area contributed by atoms with Gasteiger partial charge in [0.25, 0.3) is 0 Å². The average molecular weight is 200 g/mol. The van der Waals surface area contributed by atoms with Gasteiger partial charge in [0, 0.05) is 16.9 Å². The molecule has 0 unspecified atom stereocenters. The lowest BCUT2D eigenvalue weighted by Crippen LogP contribution is -2.09. The zero-order valence-corrected chi connectivity index (χ0v) is 9.01. The maximum Gasteiger partial charge on any atom is 0.0490 e. The highest BCUT2D eigenvalue weighted by Crippen LogP contribution is 2.30. The van der Waals surface area contributed by atoms with Gasteiger partial charge < -0.3 is 11.1 Å². The Morgan fingerprint density at radius 2 is 2.13 bits per heavy atom. The molecule has 0 atom stereocenters. The van der Waals surface area contributed by atoms with Gasteiger partial charge in [0.05, 0.1) is 0 Å². The van der Waals surface area contributed by atoms with Crippen LogP contribution in [0.5, 0.6) is 0 Å². The van der Waals surface area contributed by atoms with Crippen LogP contribution in [0, 0.1) is 6.92 Å². The van der Waals surface area contributed by atoms with Crippen LogP contribution in [0.15, 0.2) is 30.5 Å². The van der Waals surface area contributed by atoms with Crippen molar-refractivity contribution in [3.63, 3.8) is 0 Å². The summed E-state index contributed by atoms with van der Waals surface area (Å²) in [6.07, 6.45) is 5.04. The number of nitrogens with one attached hydrogen (secondary N) is 1. The van der Waals surface area contributed by atoms with Gasteiger partial charge in [-0.2, -0.15) is 0 Å². The van der Waals surface area contributed by atoms with E-state index in [1.165, 1.54) is 22.4 Å². The lowest BCUT2D eigenvalue weighted by atomic mass is 9.96. The van der Waals surface area contributed by atoms with E-state index in [1.54, 1.807) is 0 Å². The van der Waals surface area contributed by atoms with Gasteiger partial charge in [-0.15, -0.1) is 0 Å². The molecular weight excluding hydrogens is 184 g/mol. The Hall–Kier alpha value is -1.54. The second kappa shape index (κ2) is 3.91. The van der Waals surface area contributed by atoms with Crippen molar-refractivity contribution in [2.45, 2.75) is 13.3 Å². The van der Waals surface area contributed by atoms with Crippen LogP contribution in [0.4, 0.5) is 5.69 Å². The number of rotatable bonds is 2. The van der Waals surface area contributed by atoms with Gasteiger partial charge in [0.2, 0.25) is 0 Å². The minimum Gasteiger partial charge on any atom is -0.355 e. The van der Waals surface area contributed by atoms with Crippen LogP contribution in [0.1, 0.15) is 16.7 Å². The molecule has 1 aromatic rings. The Kier molecular flexibility index (Phi) is 2.60. The van der Waals surface area contributed by atoms with Crippen molar-refractivity contribution in [3.8, 4) is 0 Å². The zero-order chi connectivity index (χ0) is 10.8. The minimum atomic E-state index is 0.685. The molecule has 1 aliphatic heterocycles. The smallest absolute Gasteiger partial charge is 0.0490 e. The van der Waals surface area contributed by atoms with Crippen LogP contribution in [0.2, 0.25) is 0 Å². The molecule has 0 radical (unpaired) electrons. The third-order valence-electron chi connectivity index (χ3n) is 2.69. The number of allylic oxidation sites excluding steroid dienone is 1. The molecule has 0 saturated carbocycles. The standard InChI is InChI=1S/C13H16N2/c1-9-3-5-11(7-8-14)12-6-4-10(2)15-13(9)12/h3-6,15H,2,7-8,14H2,1H3. The van der Waals surface area contributed by atoms with Crippen molar-refractivity contribution < 1.29 is 0 Å². The number of hydrogen-bond donors (Lipinski definition) is 2. The fourth-order valence-electron chi connectivity index (χ4n) is 1.89. The molecule has 0 spiro atoms. The van der Waals surface area contributed by atoms with E-state index < -0.39 is 0 Å². The summed E-state index contributed by atoms with van der Waals surface area (Å²) >= 11 is 0. The summed E-state index contributed by atoms with van der Waals surface area (Å²) in [5, 5.41) is 3.30. The summed E-state index contributed by atoms with van der Waals surface area (Å²) in [5.41, 5.74) is 11.5. The van der Waals surface area contributed by atoms with E-state index in [-0.39, 0.29) is 0 Å². The summed E-state index contributed by atoms with van der Waals surface area (Å²) in [6, 6.07) is 4.28. The lowest BCUT2D eigenvalue weighted by molar-refractivity contribution is 0.965. The van der Waals surface area contributed by atoms with Gasteiger partial charge in [0.15, 0.2) is 0 Å². The number of hydrogen-bond acceptors (Lipinski definition) is 2. The maximum absolute atomic E-state index is 5.60. The summed E-state index contributed by atoms with van der Waals surface area (Å²) in [4.78, 5) is 0. The van der Waals surface area contributed by atoms with Crippen molar-refractivity contribution >= 4 is 11.8 Å². The summed E-state index contributed by atoms with van der Waals surface area (Å²) < 4.78 is 0. The van der Waals surface area contributed by atoms with Crippen LogP contribution in [0.25, 0.3) is 6.08 Å². The molecule has 15 heavy (non-hydrogen) atoms. The Bertz CT molecular complexity index is 430. The van der Waals surface area contributed by atoms with E-state index in [9.17, 15) is 0 Å². The first-order valence-corrected chi connectivity index (χ1v) is 5.19. The first-order chi connectivity index (χ1) is 7.22. The monoisotopic (exact) mass is 200 g/mol. The fraction of sp³-hybridized carbons (Fsp3) is 0.231. The normalized spacial score (nSPS) is 13.6. The van der Waals surface area contributed by atoms with Gasteiger partial charge in [0.1, 0.15) is 0 Å². The highest BCUT2D eigenvalue weighted by Gasteiger charge is 2.11. The van der Waals surface area contributed by atoms with Crippen molar-refractivity contribution in [3.05, 3.63) is 47.2 Å². The van der Waals surface area contributed by atoms with Crippen LogP contribution < -0.4 is 11.1 Å². The lowest BCUT2D eigenvalue weighted by Gasteiger charge is -2.20. The number of aryl methyl sites for hydroxylation is 1. The van der Waals surface area contributed by atoms with Crippen LogP contribution >= 0.6 is 0 Å². The van der Waals surface area contributed by atoms with Crippen LogP contribution in [-0.2, 0) is 6.42 Å². The highest BCUT2D eigenvalue weighted by atomic mass is 14.9. The molecule has 2 heteroatoms. The van der Waals surface area contributed by atoms with Gasteiger partial charge in [-0.1, -0.05) is 24.8 Å². The Morgan fingerprint density at radius 3 is 2.87 bits per heavy atom. The van der Waals surface area contributed by atoms with E-state index in [4.69, 9.17) is 5.73 Å². The molecule has 0 aromatic heterocycles. The summed E-state index contributed by atoms with van der Waals surface area (Å²) in [6.45, 7) is 6.69. The molecule has 2 nitrogen and oxygen atoms in total. The molecule has 0 aliphatic carbocycles. The van der Waals surface area contributed by atoms with Crippen LogP contribution in [0.3, 0.4) is 0 Å². The van der Waals surface area contributed by atoms with Crippen molar-refractivity contribution in [1.82, 2.24) is 0 Å². The van der Waals surface area contributed by atoms with Gasteiger partial charge >= 0.3 is 0 Å². The number of benzene rings is 1. The Balaban J connectivity index is 2.53. The second-order valence-corrected chi connectivity index (χ2v) is 3.85. The molecule has 1 aromatic carbocycles. The molecule has 0 bridgehead atoms. The fourth-order valence-corrected chi connectivity index (χ4v) is 1.89. The maximum atomic E-state index is 5.60. The van der Waals surface area contributed by atoms with Gasteiger partial charge in [-0.3, -0.25) is 0 Å². The summed E-state index contributed by atoms with van der Waals surface area (Å²) in [5.74, 6) is 0. The third kappa shape index (κ3) is 1.81. The minimum absolute atomic E-state index is 0.685. The van der Waals surface area contributed by atoms with Crippen molar-refractivity contribution in [2.24, 2.45) is 5.73 Å². The molecular formula is C13H16N2. The topological polar surface area (TPSA) is 38.0 Å². The Morgan fingerprint density at radius 1 is 1.33 bits per heavy atom. The van der Waals surface area contributed by atoms with E-state index in [2.05, 4.69) is 37.0 Å². The zero-order valence-electron chi connectivity index (χ0n) is 9.01.